The molecule has 2 aromatic rings. The molecule has 0 aliphatic carbocycles. The number of carbonyl (C=O) groups is 1. The average molecular weight is 275 g/mol. The van der Waals surface area contributed by atoms with E-state index in [2.05, 4.69) is 5.10 Å². The highest BCUT2D eigenvalue weighted by Gasteiger charge is 2.18. The van der Waals surface area contributed by atoms with Gasteiger partial charge in [0.2, 0.25) is 0 Å². The summed E-state index contributed by atoms with van der Waals surface area (Å²) in [6.07, 6.45) is 3.23. The summed E-state index contributed by atoms with van der Waals surface area (Å²) >= 11 is 0. The van der Waals surface area contributed by atoms with E-state index in [4.69, 9.17) is 15.2 Å². The zero-order valence-corrected chi connectivity index (χ0v) is 11.2. The molecule has 1 unspecified atom stereocenters. The number of hydrogen-bond acceptors (Lipinski definition) is 5. The molecule has 0 aliphatic rings. The third-order valence-corrected chi connectivity index (χ3v) is 2.68. The maximum absolute atomic E-state index is 11.7. The number of aryl methyl sites for hydroxylation is 1. The molecule has 0 saturated carbocycles. The number of nitrogens with two attached hydrogens (primary N) is 1. The molecule has 2 rings (SSSR count). The Kier molecular flexibility index (Phi) is 4.73. The van der Waals surface area contributed by atoms with Crippen LogP contribution in [0.3, 0.4) is 0 Å². The van der Waals surface area contributed by atoms with E-state index >= 15 is 0 Å². The van der Waals surface area contributed by atoms with Gasteiger partial charge in [-0.05, 0) is 12.1 Å². The minimum Gasteiger partial charge on any atom is -0.490 e. The minimum absolute atomic E-state index is 0.154. The van der Waals surface area contributed by atoms with Crippen LogP contribution in [0.4, 0.5) is 0 Å². The lowest BCUT2D eigenvalue weighted by atomic mass is 10.2. The molecule has 1 heterocycles. The molecule has 0 aliphatic heterocycles. The first-order valence-electron chi connectivity index (χ1n) is 6.25. The van der Waals surface area contributed by atoms with Gasteiger partial charge in [-0.3, -0.25) is 4.68 Å². The lowest BCUT2D eigenvalue weighted by molar-refractivity contribution is -0.146. The van der Waals surface area contributed by atoms with Gasteiger partial charge in [0.1, 0.15) is 25.0 Å². The van der Waals surface area contributed by atoms with Crippen LogP contribution in [0.15, 0.2) is 42.7 Å². The van der Waals surface area contributed by atoms with Crippen LogP contribution >= 0.6 is 0 Å². The maximum atomic E-state index is 11.7. The van der Waals surface area contributed by atoms with Crippen molar-refractivity contribution in [1.82, 2.24) is 9.78 Å². The smallest absolute Gasteiger partial charge is 0.327 e. The predicted octanol–water partition coefficient (Wildman–Crippen LogP) is 1.04. The van der Waals surface area contributed by atoms with Gasteiger partial charge in [0.05, 0.1) is 6.20 Å². The van der Waals surface area contributed by atoms with Crippen LogP contribution in [-0.4, -0.2) is 29.0 Å². The van der Waals surface area contributed by atoms with Gasteiger partial charge in [-0.25, -0.2) is 4.79 Å². The second-order valence-electron chi connectivity index (χ2n) is 4.25. The summed E-state index contributed by atoms with van der Waals surface area (Å²) in [6, 6.07) is 8.51. The molecule has 6 nitrogen and oxygen atoms in total. The van der Waals surface area contributed by atoms with Crippen molar-refractivity contribution in [2.45, 2.75) is 6.04 Å². The fourth-order valence-corrected chi connectivity index (χ4v) is 1.65. The van der Waals surface area contributed by atoms with Crippen LogP contribution < -0.4 is 10.5 Å². The standard InChI is InChI=1S/C14H17N3O3/c1-17-10-11(9-16-17)13(15)14(18)20-8-7-19-12-5-3-2-4-6-12/h2-6,9-10,13H,7-8,15H2,1H3. The first-order chi connectivity index (χ1) is 9.66. The Balaban J connectivity index is 1.72. The monoisotopic (exact) mass is 275 g/mol. The molecule has 1 aromatic heterocycles. The number of ether oxygens (including phenoxy) is 2. The van der Waals surface area contributed by atoms with E-state index in [0.29, 0.717) is 5.56 Å². The van der Waals surface area contributed by atoms with Crippen molar-refractivity contribution in [2.24, 2.45) is 12.8 Å². The maximum Gasteiger partial charge on any atom is 0.327 e. The summed E-state index contributed by atoms with van der Waals surface area (Å²) in [5, 5.41) is 3.96. The van der Waals surface area contributed by atoms with Gasteiger partial charge in [-0.1, -0.05) is 18.2 Å². The Bertz CT molecular complexity index is 554. The van der Waals surface area contributed by atoms with Crippen molar-refractivity contribution in [2.75, 3.05) is 13.2 Å². The topological polar surface area (TPSA) is 79.4 Å². The molecule has 6 heteroatoms. The van der Waals surface area contributed by atoms with Gasteiger partial charge in [-0.2, -0.15) is 5.10 Å². The molecule has 0 saturated heterocycles. The number of aromatic nitrogens is 2. The fourth-order valence-electron chi connectivity index (χ4n) is 1.65. The van der Waals surface area contributed by atoms with Gasteiger partial charge < -0.3 is 15.2 Å². The predicted molar refractivity (Wildman–Crippen MR) is 73.0 cm³/mol. The number of esters is 1. The lowest BCUT2D eigenvalue weighted by Gasteiger charge is -2.10. The summed E-state index contributed by atoms with van der Waals surface area (Å²) in [4.78, 5) is 11.7. The second kappa shape index (κ2) is 6.72. The van der Waals surface area contributed by atoms with Gasteiger partial charge >= 0.3 is 5.97 Å². The molecule has 2 N–H and O–H groups in total. The van der Waals surface area contributed by atoms with Crippen molar-refractivity contribution < 1.29 is 14.3 Å². The number of para-hydroxylation sites is 1. The van der Waals surface area contributed by atoms with Crippen LogP contribution in [0, 0.1) is 0 Å². The van der Waals surface area contributed by atoms with E-state index in [1.807, 2.05) is 30.3 Å². The highest BCUT2D eigenvalue weighted by molar-refractivity contribution is 5.77. The SMILES string of the molecule is Cn1cc(C(N)C(=O)OCCOc2ccccc2)cn1. The molecular formula is C14H17N3O3. The number of rotatable bonds is 6. The molecule has 1 atom stereocenters. The Morgan fingerprint density at radius 3 is 2.75 bits per heavy atom. The molecular weight excluding hydrogens is 258 g/mol. The fraction of sp³-hybridized carbons (Fsp3) is 0.286. The summed E-state index contributed by atoms with van der Waals surface area (Å²) in [5.74, 6) is 0.245. The normalized spacial score (nSPS) is 11.9. The number of benzene rings is 1. The third-order valence-electron chi connectivity index (χ3n) is 2.68. The van der Waals surface area contributed by atoms with Crippen molar-refractivity contribution in [3.63, 3.8) is 0 Å². The highest BCUT2D eigenvalue weighted by atomic mass is 16.6. The Morgan fingerprint density at radius 2 is 2.10 bits per heavy atom. The van der Waals surface area contributed by atoms with Gasteiger partial charge in [0.15, 0.2) is 0 Å². The Labute approximate surface area is 117 Å². The molecule has 0 radical (unpaired) electrons. The van der Waals surface area contributed by atoms with E-state index in [0.717, 1.165) is 5.75 Å². The molecule has 0 spiro atoms. The highest BCUT2D eigenvalue weighted by Crippen LogP contribution is 2.11. The van der Waals surface area contributed by atoms with Crippen molar-refractivity contribution in [1.29, 1.82) is 0 Å². The Hall–Kier alpha value is -2.34. The largest absolute Gasteiger partial charge is 0.490 e. The van der Waals surface area contributed by atoms with Crippen molar-refractivity contribution in [3.05, 3.63) is 48.3 Å². The van der Waals surface area contributed by atoms with E-state index in [9.17, 15) is 4.79 Å². The van der Waals surface area contributed by atoms with Crippen LogP contribution in [-0.2, 0) is 16.6 Å². The summed E-state index contributed by atoms with van der Waals surface area (Å²) in [6.45, 7) is 0.442. The zero-order chi connectivity index (χ0) is 14.4. The summed E-state index contributed by atoms with van der Waals surface area (Å²) in [5.41, 5.74) is 6.40. The van der Waals surface area contributed by atoms with Gasteiger partial charge in [0.25, 0.3) is 0 Å². The van der Waals surface area contributed by atoms with Crippen molar-refractivity contribution in [3.8, 4) is 5.75 Å². The van der Waals surface area contributed by atoms with Gasteiger partial charge in [0, 0.05) is 18.8 Å². The molecule has 1 aromatic carbocycles. The number of carbonyl (C=O) groups excluding carboxylic acids is 1. The third kappa shape index (κ3) is 3.83. The molecule has 0 amide bonds. The van der Waals surface area contributed by atoms with E-state index in [1.165, 1.54) is 0 Å². The molecule has 106 valence electrons. The summed E-state index contributed by atoms with van der Waals surface area (Å²) < 4.78 is 12.1. The van der Waals surface area contributed by atoms with E-state index in [-0.39, 0.29) is 13.2 Å². The van der Waals surface area contributed by atoms with Crippen LogP contribution in [0.25, 0.3) is 0 Å². The first kappa shape index (κ1) is 14.1. The summed E-state index contributed by atoms with van der Waals surface area (Å²) in [7, 11) is 1.76. The minimum atomic E-state index is -0.819. The van der Waals surface area contributed by atoms with Gasteiger partial charge in [-0.15, -0.1) is 0 Å². The molecule has 20 heavy (non-hydrogen) atoms. The van der Waals surface area contributed by atoms with E-state index < -0.39 is 12.0 Å². The number of nitrogens with zero attached hydrogens (tertiary/aromatic N) is 2. The van der Waals surface area contributed by atoms with Crippen LogP contribution in [0.2, 0.25) is 0 Å². The second-order valence-corrected chi connectivity index (χ2v) is 4.25. The molecule has 0 bridgehead atoms. The van der Waals surface area contributed by atoms with Crippen molar-refractivity contribution >= 4 is 5.97 Å². The van der Waals surface area contributed by atoms with E-state index in [1.54, 1.807) is 24.1 Å². The zero-order valence-electron chi connectivity index (χ0n) is 11.2. The lowest BCUT2D eigenvalue weighted by Crippen LogP contribution is -2.25. The van der Waals surface area contributed by atoms with Crippen LogP contribution in [0.5, 0.6) is 5.75 Å². The average Bonchev–Trinajstić information content (AvgIpc) is 2.90. The molecule has 0 fully saturated rings. The van der Waals surface area contributed by atoms with Crippen LogP contribution in [0.1, 0.15) is 11.6 Å². The number of hydrogen-bond donors (Lipinski definition) is 1. The first-order valence-corrected chi connectivity index (χ1v) is 6.25. The quantitative estimate of drug-likeness (QED) is 0.629. The Morgan fingerprint density at radius 1 is 1.35 bits per heavy atom.